The van der Waals surface area contributed by atoms with Crippen molar-refractivity contribution in [1.29, 1.82) is 0 Å². The lowest BCUT2D eigenvalue weighted by Crippen LogP contribution is -2.38. The number of nitrogens with zero attached hydrogens (tertiary/aromatic N) is 1. The second-order valence-electron chi connectivity index (χ2n) is 4.06. The number of carbonyl (C=O) groups excluding carboxylic acids is 1. The predicted molar refractivity (Wildman–Crippen MR) is 54.4 cm³/mol. The monoisotopic (exact) mass is 217 g/mol. The maximum absolute atomic E-state index is 11.9. The van der Waals surface area contributed by atoms with Crippen LogP contribution in [0.3, 0.4) is 0 Å². The molecule has 1 amide bonds. The first-order valence-corrected chi connectivity index (χ1v) is 5.73. The molecule has 0 aromatic heterocycles. The molecule has 0 spiro atoms. The molecule has 0 N–H and O–H groups in total. The zero-order chi connectivity index (χ0) is 9.97. The molecule has 2 fully saturated rings. The maximum atomic E-state index is 11.9. The van der Waals surface area contributed by atoms with Gasteiger partial charge in [-0.2, -0.15) is 0 Å². The number of hydrogen-bond donors (Lipinski definition) is 0. The summed E-state index contributed by atoms with van der Waals surface area (Å²) < 4.78 is 5.24. The molecule has 80 valence electrons. The van der Waals surface area contributed by atoms with E-state index in [-0.39, 0.29) is 17.2 Å². The molecule has 0 aromatic rings. The van der Waals surface area contributed by atoms with Crippen molar-refractivity contribution < 1.29 is 9.53 Å². The Balaban J connectivity index is 1.89. The van der Waals surface area contributed by atoms with E-state index in [0.717, 1.165) is 39.0 Å². The van der Waals surface area contributed by atoms with Gasteiger partial charge < -0.3 is 9.64 Å². The van der Waals surface area contributed by atoms with Gasteiger partial charge in [-0.15, -0.1) is 11.6 Å². The van der Waals surface area contributed by atoms with Crippen molar-refractivity contribution in [3.63, 3.8) is 0 Å². The van der Waals surface area contributed by atoms with E-state index in [1.807, 2.05) is 4.90 Å². The van der Waals surface area contributed by atoms with Crippen molar-refractivity contribution in [3.8, 4) is 0 Å². The van der Waals surface area contributed by atoms with Crippen molar-refractivity contribution in [2.75, 3.05) is 26.3 Å². The Bertz CT molecular complexity index is 210. The topological polar surface area (TPSA) is 29.5 Å². The summed E-state index contributed by atoms with van der Waals surface area (Å²) in [5.74, 6) is 0.337. The first kappa shape index (κ1) is 10.2. The quantitative estimate of drug-likeness (QED) is 0.652. The Morgan fingerprint density at radius 1 is 1.43 bits per heavy atom. The molecule has 2 saturated heterocycles. The molecule has 0 bridgehead atoms. The Hall–Kier alpha value is -0.280. The van der Waals surface area contributed by atoms with Gasteiger partial charge in [0.05, 0.1) is 6.61 Å². The highest BCUT2D eigenvalue weighted by molar-refractivity contribution is 6.31. The van der Waals surface area contributed by atoms with Gasteiger partial charge in [0.2, 0.25) is 5.91 Å². The highest BCUT2D eigenvalue weighted by Gasteiger charge is 2.33. The van der Waals surface area contributed by atoms with E-state index in [1.54, 1.807) is 0 Å². The molecule has 0 aliphatic carbocycles. The standard InChI is InChI=1S/C10H16ClNO2/c11-9(8-3-6-14-7-8)10(13)12-4-1-2-5-12/h8-9H,1-7H2. The summed E-state index contributed by atoms with van der Waals surface area (Å²) in [5, 5.41) is -0.365. The third kappa shape index (κ3) is 2.04. The van der Waals surface area contributed by atoms with Gasteiger partial charge in [-0.25, -0.2) is 0 Å². The molecule has 2 aliphatic heterocycles. The SMILES string of the molecule is O=C(C(Cl)C1CCOC1)N1CCCC1. The molecule has 3 nitrogen and oxygen atoms in total. The predicted octanol–water partition coefficient (Wildman–Crippen LogP) is 1.25. The summed E-state index contributed by atoms with van der Waals surface area (Å²) in [7, 11) is 0. The molecule has 2 atom stereocenters. The Kier molecular flexibility index (Phi) is 3.29. The largest absolute Gasteiger partial charge is 0.381 e. The summed E-state index contributed by atoms with van der Waals surface area (Å²) in [6.07, 6.45) is 3.17. The van der Waals surface area contributed by atoms with Crippen LogP contribution >= 0.6 is 11.6 Å². The lowest BCUT2D eigenvalue weighted by molar-refractivity contribution is -0.130. The van der Waals surface area contributed by atoms with Crippen LogP contribution in [0.2, 0.25) is 0 Å². The summed E-state index contributed by atoms with van der Waals surface area (Å²) >= 11 is 6.15. The Morgan fingerprint density at radius 2 is 2.14 bits per heavy atom. The van der Waals surface area contributed by atoms with E-state index < -0.39 is 0 Å². The normalized spacial score (nSPS) is 29.5. The number of ether oxygens (including phenoxy) is 1. The van der Waals surface area contributed by atoms with Crippen LogP contribution in [-0.4, -0.2) is 42.5 Å². The zero-order valence-corrected chi connectivity index (χ0v) is 9.00. The van der Waals surface area contributed by atoms with Gasteiger partial charge in [0, 0.05) is 25.6 Å². The molecule has 0 radical (unpaired) electrons. The molecule has 2 unspecified atom stereocenters. The zero-order valence-electron chi connectivity index (χ0n) is 8.25. The lowest BCUT2D eigenvalue weighted by atomic mass is 10.0. The van der Waals surface area contributed by atoms with Crippen LogP contribution in [0.25, 0.3) is 0 Å². The van der Waals surface area contributed by atoms with Crippen LogP contribution in [0.1, 0.15) is 19.3 Å². The van der Waals surface area contributed by atoms with Crippen LogP contribution < -0.4 is 0 Å². The molecule has 0 saturated carbocycles. The number of hydrogen-bond acceptors (Lipinski definition) is 2. The van der Waals surface area contributed by atoms with E-state index in [2.05, 4.69) is 0 Å². The fourth-order valence-corrected chi connectivity index (χ4v) is 2.43. The van der Waals surface area contributed by atoms with Gasteiger partial charge in [0.25, 0.3) is 0 Å². The maximum Gasteiger partial charge on any atom is 0.241 e. The van der Waals surface area contributed by atoms with E-state index >= 15 is 0 Å². The van der Waals surface area contributed by atoms with E-state index in [1.165, 1.54) is 0 Å². The number of rotatable bonds is 2. The summed E-state index contributed by atoms with van der Waals surface area (Å²) in [6.45, 7) is 3.17. The number of carbonyl (C=O) groups is 1. The van der Waals surface area contributed by atoms with Gasteiger partial charge in [-0.05, 0) is 19.3 Å². The van der Waals surface area contributed by atoms with Gasteiger partial charge in [-0.3, -0.25) is 4.79 Å². The summed E-state index contributed by atoms with van der Waals surface area (Å²) in [4.78, 5) is 13.8. The molecule has 14 heavy (non-hydrogen) atoms. The number of halogens is 1. The Morgan fingerprint density at radius 3 is 2.71 bits per heavy atom. The highest BCUT2D eigenvalue weighted by Crippen LogP contribution is 2.24. The van der Waals surface area contributed by atoms with Gasteiger partial charge in [0.15, 0.2) is 0 Å². The highest BCUT2D eigenvalue weighted by atomic mass is 35.5. The molecular weight excluding hydrogens is 202 g/mol. The molecule has 0 aromatic carbocycles. The van der Waals surface area contributed by atoms with Gasteiger partial charge >= 0.3 is 0 Å². The average molecular weight is 218 g/mol. The molecule has 2 heterocycles. The summed E-state index contributed by atoms with van der Waals surface area (Å²) in [6, 6.07) is 0. The van der Waals surface area contributed by atoms with Crippen molar-refractivity contribution in [3.05, 3.63) is 0 Å². The lowest BCUT2D eigenvalue weighted by Gasteiger charge is -2.21. The number of alkyl halides is 1. The Labute approximate surface area is 89.4 Å². The molecule has 4 heteroatoms. The molecular formula is C10H16ClNO2. The fourth-order valence-electron chi connectivity index (χ4n) is 2.10. The van der Waals surface area contributed by atoms with Gasteiger partial charge in [0.1, 0.15) is 5.38 Å². The van der Waals surface area contributed by atoms with Crippen molar-refractivity contribution in [2.45, 2.75) is 24.6 Å². The van der Waals surface area contributed by atoms with Gasteiger partial charge in [-0.1, -0.05) is 0 Å². The van der Waals surface area contributed by atoms with Crippen molar-refractivity contribution >= 4 is 17.5 Å². The van der Waals surface area contributed by atoms with E-state index in [4.69, 9.17) is 16.3 Å². The van der Waals surface area contributed by atoms with Crippen LogP contribution in [0.4, 0.5) is 0 Å². The minimum Gasteiger partial charge on any atom is -0.381 e. The summed E-state index contributed by atoms with van der Waals surface area (Å²) in [5.41, 5.74) is 0. The average Bonchev–Trinajstić information content (AvgIpc) is 2.87. The first-order chi connectivity index (χ1) is 6.79. The third-order valence-electron chi connectivity index (χ3n) is 3.03. The van der Waals surface area contributed by atoms with Crippen LogP contribution in [0.15, 0.2) is 0 Å². The van der Waals surface area contributed by atoms with Crippen molar-refractivity contribution in [1.82, 2.24) is 4.90 Å². The molecule has 2 aliphatic rings. The number of amides is 1. The second kappa shape index (κ2) is 4.49. The third-order valence-corrected chi connectivity index (χ3v) is 3.58. The minimum atomic E-state index is -0.365. The van der Waals surface area contributed by atoms with Crippen LogP contribution in [0.5, 0.6) is 0 Å². The van der Waals surface area contributed by atoms with Crippen LogP contribution in [-0.2, 0) is 9.53 Å². The fraction of sp³-hybridized carbons (Fsp3) is 0.900. The second-order valence-corrected chi connectivity index (χ2v) is 4.53. The first-order valence-electron chi connectivity index (χ1n) is 5.29. The van der Waals surface area contributed by atoms with E-state index in [0.29, 0.717) is 6.61 Å². The minimum absolute atomic E-state index is 0.111. The molecule has 2 rings (SSSR count). The van der Waals surface area contributed by atoms with Crippen molar-refractivity contribution in [2.24, 2.45) is 5.92 Å². The van der Waals surface area contributed by atoms with Crippen LogP contribution in [0, 0.1) is 5.92 Å². The van der Waals surface area contributed by atoms with E-state index in [9.17, 15) is 4.79 Å². The smallest absolute Gasteiger partial charge is 0.241 e. The number of likely N-dealkylation sites (tertiary alicyclic amines) is 1.